The van der Waals surface area contributed by atoms with Gasteiger partial charge in [-0.3, -0.25) is 0 Å². The minimum atomic E-state index is -0.253. The molecule has 0 fully saturated rings. The largest absolute Gasteiger partial charge is 1.00 e. The molecule has 0 N–H and O–H groups in total. The first-order chi connectivity index (χ1) is 9.60. The Kier molecular flexibility index (Phi) is 15.1. The van der Waals surface area contributed by atoms with E-state index in [0.29, 0.717) is 0 Å². The summed E-state index contributed by atoms with van der Waals surface area (Å²) >= 11 is 0. The van der Waals surface area contributed by atoms with Crippen LogP contribution in [0.4, 0.5) is 0 Å². The number of para-hydroxylation sites is 1. The summed E-state index contributed by atoms with van der Waals surface area (Å²) in [5.41, 5.74) is -0.0627. The zero-order chi connectivity index (χ0) is 15.4. The van der Waals surface area contributed by atoms with E-state index >= 15 is 0 Å². The van der Waals surface area contributed by atoms with Gasteiger partial charge in [0, 0.05) is 5.41 Å². The molecule has 0 amide bonds. The van der Waals surface area contributed by atoms with Crippen molar-refractivity contribution >= 4 is 0 Å². The monoisotopic (exact) mass is 302 g/mol. The van der Waals surface area contributed by atoms with Crippen molar-refractivity contribution in [1.82, 2.24) is 0 Å². The molecule has 0 saturated heterocycles. The first-order valence-corrected chi connectivity index (χ1v) is 7.90. The van der Waals surface area contributed by atoms with Gasteiger partial charge in [-0.15, -0.1) is 6.61 Å². The molecule has 3 heteroatoms. The Labute approximate surface area is 153 Å². The maximum absolute atomic E-state index is 11.4. The van der Waals surface area contributed by atoms with Crippen LogP contribution in [-0.2, 0) is 0 Å². The molecule has 21 heavy (non-hydrogen) atoms. The summed E-state index contributed by atoms with van der Waals surface area (Å²) in [5, 5.41) is 11.4. The molecule has 1 unspecified atom stereocenters. The Hall–Kier alpha value is -0.0200. The molecule has 0 heterocycles. The number of rotatable bonds is 8. The minimum Gasteiger partial charge on any atom is -0.852 e. The van der Waals surface area contributed by atoms with Gasteiger partial charge in [-0.1, -0.05) is 72.1 Å². The molecule has 1 aromatic carbocycles. The Morgan fingerprint density at radius 1 is 1.10 bits per heavy atom. The van der Waals surface area contributed by atoms with Gasteiger partial charge in [-0.2, -0.15) is 0 Å². The van der Waals surface area contributed by atoms with Crippen molar-refractivity contribution in [3.8, 4) is 5.75 Å². The summed E-state index contributed by atoms with van der Waals surface area (Å²) in [5.74, 6) is 0.793. The van der Waals surface area contributed by atoms with Gasteiger partial charge in [0.05, 0.1) is 6.10 Å². The second-order valence-corrected chi connectivity index (χ2v) is 5.53. The van der Waals surface area contributed by atoms with Crippen LogP contribution in [0.25, 0.3) is 0 Å². The Morgan fingerprint density at radius 3 is 2.14 bits per heavy atom. The molecule has 0 aliphatic heterocycles. The predicted octanol–water partition coefficient (Wildman–Crippen LogP) is 1.43. The molecule has 1 atom stereocenters. The molecule has 1 rings (SSSR count). The fourth-order valence-corrected chi connectivity index (χ4v) is 2.07. The molecular weight excluding hydrogens is 271 g/mol. The van der Waals surface area contributed by atoms with Crippen molar-refractivity contribution in [3.05, 3.63) is 30.3 Å². The summed E-state index contributed by atoms with van der Waals surface area (Å²) in [4.78, 5) is 0. The van der Waals surface area contributed by atoms with Crippen molar-refractivity contribution in [2.45, 2.75) is 66.4 Å². The first kappa shape index (κ1) is 23.2. The van der Waals surface area contributed by atoms with E-state index in [1.54, 1.807) is 0 Å². The van der Waals surface area contributed by atoms with Crippen LogP contribution >= 0.6 is 0 Å². The van der Waals surface area contributed by atoms with Crippen molar-refractivity contribution in [3.63, 3.8) is 0 Å². The number of ether oxygens (including phenoxy) is 1. The number of hydrogen-bond acceptors (Lipinski definition) is 2. The summed E-state index contributed by atoms with van der Waals surface area (Å²) in [6.07, 6.45) is 4.38. The molecule has 0 bridgehead atoms. The van der Waals surface area contributed by atoms with Crippen molar-refractivity contribution in [2.24, 2.45) is 5.41 Å². The summed E-state index contributed by atoms with van der Waals surface area (Å²) in [6, 6.07) is 9.63. The summed E-state index contributed by atoms with van der Waals surface area (Å²) in [7, 11) is 0. The van der Waals surface area contributed by atoms with E-state index in [-0.39, 0.29) is 47.7 Å². The van der Waals surface area contributed by atoms with Crippen LogP contribution in [0.1, 0.15) is 60.3 Å². The number of unbranched alkanes of at least 4 members (excludes halogenated alkanes) is 2. The van der Waals surface area contributed by atoms with Crippen LogP contribution in [0, 0.1) is 5.41 Å². The van der Waals surface area contributed by atoms with E-state index in [2.05, 4.69) is 20.8 Å². The number of benzene rings is 1. The Bertz CT molecular complexity index is 325. The molecule has 0 radical (unpaired) electrons. The van der Waals surface area contributed by atoms with E-state index in [1.807, 2.05) is 44.2 Å². The van der Waals surface area contributed by atoms with Gasteiger partial charge in [-0.25, -0.2) is 0 Å². The van der Waals surface area contributed by atoms with Crippen LogP contribution in [0.15, 0.2) is 30.3 Å². The zero-order valence-corrected chi connectivity index (χ0v) is 16.8. The zero-order valence-electron chi connectivity index (χ0n) is 14.8. The third kappa shape index (κ3) is 9.57. The maximum atomic E-state index is 11.4. The van der Waals surface area contributed by atoms with E-state index in [9.17, 15) is 5.11 Å². The van der Waals surface area contributed by atoms with E-state index < -0.39 is 0 Å². The fraction of sp³-hybridized carbons (Fsp3) is 0.667. The number of hydrogen-bond donors (Lipinski definition) is 0. The summed E-state index contributed by atoms with van der Waals surface area (Å²) < 4.78 is 5.85. The average molecular weight is 302 g/mol. The third-order valence-electron chi connectivity index (χ3n) is 3.47. The van der Waals surface area contributed by atoms with Crippen molar-refractivity contribution in [1.29, 1.82) is 0 Å². The third-order valence-corrected chi connectivity index (χ3v) is 3.47. The molecule has 0 aromatic heterocycles. The predicted molar refractivity (Wildman–Crippen MR) is 85.0 cm³/mol. The van der Waals surface area contributed by atoms with Gasteiger partial charge in [0.1, 0.15) is 5.75 Å². The smallest absolute Gasteiger partial charge is 0.852 e. The second-order valence-electron chi connectivity index (χ2n) is 5.53. The minimum absolute atomic E-state index is 0. The van der Waals surface area contributed by atoms with E-state index in [1.165, 1.54) is 12.8 Å². The van der Waals surface area contributed by atoms with Crippen LogP contribution < -0.4 is 39.4 Å². The molecule has 2 nitrogen and oxygen atoms in total. The molecule has 0 aliphatic rings. The Balaban J connectivity index is 0. The SMILES string of the molecule is CC.CCCCCC(C)(C)C(C[O-])Oc1ccccc1.[Na+]. The quantitative estimate of drug-likeness (QED) is 0.537. The topological polar surface area (TPSA) is 32.3 Å². The normalized spacial score (nSPS) is 11.7. The van der Waals surface area contributed by atoms with Crippen molar-refractivity contribution in [2.75, 3.05) is 6.61 Å². The van der Waals surface area contributed by atoms with E-state index in [0.717, 1.165) is 18.6 Å². The fourth-order valence-electron chi connectivity index (χ4n) is 2.07. The average Bonchev–Trinajstić information content (AvgIpc) is 2.48. The summed E-state index contributed by atoms with van der Waals surface area (Å²) in [6.45, 7) is 10.3. The van der Waals surface area contributed by atoms with E-state index in [4.69, 9.17) is 4.74 Å². The molecule has 1 aromatic rings. The Morgan fingerprint density at radius 2 is 1.67 bits per heavy atom. The molecular formula is C18H31NaO2. The van der Waals surface area contributed by atoms with Gasteiger partial charge in [-0.05, 0) is 18.6 Å². The maximum Gasteiger partial charge on any atom is 1.00 e. The van der Waals surface area contributed by atoms with Crippen LogP contribution in [0.2, 0.25) is 0 Å². The molecule has 0 saturated carbocycles. The molecule has 0 spiro atoms. The van der Waals surface area contributed by atoms with Crippen LogP contribution in [-0.4, -0.2) is 12.7 Å². The standard InChI is InChI=1S/C16H25O2.C2H6.Na/c1-4-5-9-12-16(2,3)15(13-17)18-14-10-7-6-8-11-14;1-2;/h6-8,10-11,15H,4-5,9,12-13H2,1-3H3;1-2H3;/q-1;;+1. The first-order valence-electron chi connectivity index (χ1n) is 7.90. The van der Waals surface area contributed by atoms with Crippen LogP contribution in [0.3, 0.4) is 0 Å². The van der Waals surface area contributed by atoms with Crippen molar-refractivity contribution < 1.29 is 39.4 Å². The second kappa shape index (κ2) is 13.6. The van der Waals surface area contributed by atoms with Crippen LogP contribution in [0.5, 0.6) is 5.75 Å². The van der Waals surface area contributed by atoms with Gasteiger partial charge in [0.25, 0.3) is 0 Å². The molecule has 0 aliphatic carbocycles. The van der Waals surface area contributed by atoms with Gasteiger partial charge in [0.15, 0.2) is 0 Å². The van der Waals surface area contributed by atoms with Gasteiger partial charge in [0.2, 0.25) is 0 Å². The molecule has 116 valence electrons. The van der Waals surface area contributed by atoms with Gasteiger partial charge < -0.3 is 9.84 Å². The van der Waals surface area contributed by atoms with Gasteiger partial charge >= 0.3 is 29.6 Å².